The summed E-state index contributed by atoms with van der Waals surface area (Å²) in [6.07, 6.45) is 1.69. The molecule has 0 spiro atoms. The van der Waals surface area contributed by atoms with E-state index < -0.39 is 0 Å². The average Bonchev–Trinajstić information content (AvgIpc) is 3.57. The van der Waals surface area contributed by atoms with Gasteiger partial charge in [-0.25, -0.2) is 0 Å². The van der Waals surface area contributed by atoms with Crippen molar-refractivity contribution in [2.75, 3.05) is 0 Å². The molecular formula is C36H21N3O. The van der Waals surface area contributed by atoms with Crippen molar-refractivity contribution >= 4 is 43.7 Å². The first-order valence-corrected chi connectivity index (χ1v) is 13.2. The number of furan rings is 1. The average molecular weight is 512 g/mol. The number of hydrogen-bond donors (Lipinski definition) is 0. The first-order valence-electron chi connectivity index (χ1n) is 13.2. The van der Waals surface area contributed by atoms with Gasteiger partial charge in [-0.1, -0.05) is 78.9 Å². The Kier molecular flexibility index (Phi) is 4.85. The Morgan fingerprint density at radius 2 is 1.43 bits per heavy atom. The van der Waals surface area contributed by atoms with Crippen LogP contribution in [0.3, 0.4) is 0 Å². The van der Waals surface area contributed by atoms with Crippen molar-refractivity contribution in [1.29, 1.82) is 5.26 Å². The quantitative estimate of drug-likeness (QED) is 0.237. The number of nitrogens with zero attached hydrogens (tertiary/aromatic N) is 3. The van der Waals surface area contributed by atoms with Gasteiger partial charge >= 0.3 is 0 Å². The fourth-order valence-electron chi connectivity index (χ4n) is 5.90. The van der Waals surface area contributed by atoms with Crippen molar-refractivity contribution in [2.24, 2.45) is 0 Å². The first kappa shape index (κ1) is 22.3. The minimum Gasteiger partial charge on any atom is -0.454 e. The van der Waals surface area contributed by atoms with Gasteiger partial charge in [0.25, 0.3) is 0 Å². The zero-order valence-electron chi connectivity index (χ0n) is 21.4. The lowest BCUT2D eigenvalue weighted by Crippen LogP contribution is -1.97. The van der Waals surface area contributed by atoms with Gasteiger partial charge < -0.3 is 8.98 Å². The van der Waals surface area contributed by atoms with Gasteiger partial charge in [-0.3, -0.25) is 4.98 Å². The molecule has 0 bridgehead atoms. The van der Waals surface area contributed by atoms with Crippen LogP contribution in [0, 0.1) is 11.3 Å². The second-order valence-electron chi connectivity index (χ2n) is 9.93. The zero-order valence-corrected chi connectivity index (χ0v) is 21.4. The highest BCUT2D eigenvalue weighted by Gasteiger charge is 2.20. The molecule has 0 atom stereocenters. The molecule has 0 N–H and O–H groups in total. The number of para-hydroxylation sites is 3. The maximum absolute atomic E-state index is 9.39. The minimum absolute atomic E-state index is 0.593. The fourth-order valence-corrected chi connectivity index (χ4v) is 5.90. The van der Waals surface area contributed by atoms with Crippen LogP contribution in [0.15, 0.2) is 132 Å². The van der Waals surface area contributed by atoms with Crippen LogP contribution in [0.1, 0.15) is 5.56 Å². The summed E-state index contributed by atoms with van der Waals surface area (Å²) in [4.78, 5) is 4.53. The van der Waals surface area contributed by atoms with Crippen LogP contribution in [-0.2, 0) is 0 Å². The van der Waals surface area contributed by atoms with Crippen molar-refractivity contribution in [3.05, 3.63) is 133 Å². The molecule has 5 aromatic carbocycles. The summed E-state index contributed by atoms with van der Waals surface area (Å²) in [5.74, 6) is 0. The summed E-state index contributed by atoms with van der Waals surface area (Å²) < 4.78 is 8.89. The van der Waals surface area contributed by atoms with E-state index in [0.717, 1.165) is 66.4 Å². The van der Waals surface area contributed by atoms with E-state index in [1.54, 1.807) is 12.3 Å². The zero-order chi connectivity index (χ0) is 26.6. The van der Waals surface area contributed by atoms with Gasteiger partial charge in [-0.15, -0.1) is 0 Å². The van der Waals surface area contributed by atoms with Gasteiger partial charge in [0.15, 0.2) is 5.58 Å². The van der Waals surface area contributed by atoms with Gasteiger partial charge in [0.2, 0.25) is 0 Å². The third kappa shape index (κ3) is 3.28. The van der Waals surface area contributed by atoms with Crippen LogP contribution >= 0.6 is 0 Å². The van der Waals surface area contributed by atoms with Crippen molar-refractivity contribution in [2.45, 2.75) is 0 Å². The molecule has 4 heteroatoms. The summed E-state index contributed by atoms with van der Waals surface area (Å²) in [6, 6.07) is 43.8. The van der Waals surface area contributed by atoms with E-state index in [-0.39, 0.29) is 0 Å². The molecule has 40 heavy (non-hydrogen) atoms. The van der Waals surface area contributed by atoms with E-state index in [9.17, 15) is 5.26 Å². The summed E-state index contributed by atoms with van der Waals surface area (Å²) >= 11 is 0. The fraction of sp³-hybridized carbons (Fsp3) is 0. The third-order valence-corrected chi connectivity index (χ3v) is 7.68. The molecule has 0 aliphatic heterocycles. The normalized spacial score (nSPS) is 11.5. The van der Waals surface area contributed by atoms with Crippen LogP contribution < -0.4 is 0 Å². The second kappa shape index (κ2) is 8.69. The molecule has 3 aromatic heterocycles. The van der Waals surface area contributed by atoms with Crippen LogP contribution in [0.5, 0.6) is 0 Å². The molecule has 3 heterocycles. The lowest BCUT2D eigenvalue weighted by molar-refractivity contribution is 0.671. The van der Waals surface area contributed by atoms with E-state index in [2.05, 4.69) is 101 Å². The molecule has 0 aliphatic carbocycles. The highest BCUT2D eigenvalue weighted by Crippen LogP contribution is 2.42. The predicted molar refractivity (Wildman–Crippen MR) is 161 cm³/mol. The predicted octanol–water partition coefficient (Wildman–Crippen LogP) is 9.28. The molecule has 0 fully saturated rings. The largest absolute Gasteiger partial charge is 0.454 e. The number of benzene rings is 5. The number of rotatable bonds is 3. The molecule has 4 nitrogen and oxygen atoms in total. The standard InChI is InChI=1S/C36H21N3O/c37-22-23-18-19-38-31(20-23)25-9-7-8-24(21-25)26-10-1-4-13-32(26)39-33-14-5-2-11-27(33)29-16-17-30-28-12-3-6-15-34(28)40-36(30)35(29)39/h1-21H. The Bertz CT molecular complexity index is 2300. The third-order valence-electron chi connectivity index (χ3n) is 7.68. The van der Waals surface area contributed by atoms with E-state index in [0.29, 0.717) is 5.56 Å². The van der Waals surface area contributed by atoms with Gasteiger partial charge in [0.05, 0.1) is 34.0 Å². The number of fused-ring (bicyclic) bond motifs is 7. The molecule has 0 aliphatic rings. The topological polar surface area (TPSA) is 54.8 Å². The van der Waals surface area contributed by atoms with Gasteiger partial charge in [-0.05, 0) is 48.0 Å². The Morgan fingerprint density at radius 1 is 0.650 bits per heavy atom. The van der Waals surface area contributed by atoms with Crippen molar-refractivity contribution < 1.29 is 4.42 Å². The van der Waals surface area contributed by atoms with Crippen molar-refractivity contribution in [1.82, 2.24) is 9.55 Å². The maximum Gasteiger partial charge on any atom is 0.160 e. The van der Waals surface area contributed by atoms with Crippen LogP contribution in [0.25, 0.3) is 71.8 Å². The summed E-state index contributed by atoms with van der Waals surface area (Å²) in [5, 5.41) is 13.9. The molecule has 0 unspecified atom stereocenters. The van der Waals surface area contributed by atoms with E-state index in [1.807, 2.05) is 30.3 Å². The lowest BCUT2D eigenvalue weighted by atomic mass is 9.99. The summed E-state index contributed by atoms with van der Waals surface area (Å²) in [6.45, 7) is 0. The van der Waals surface area contributed by atoms with E-state index in [1.165, 1.54) is 5.39 Å². The van der Waals surface area contributed by atoms with E-state index >= 15 is 0 Å². The number of aromatic nitrogens is 2. The number of hydrogen-bond acceptors (Lipinski definition) is 3. The second-order valence-corrected chi connectivity index (χ2v) is 9.93. The SMILES string of the molecule is N#Cc1ccnc(-c2cccc(-c3ccccc3-n3c4ccccc4c4ccc5c6ccccc6oc5c43)c2)c1. The van der Waals surface area contributed by atoms with Crippen LogP contribution in [0.4, 0.5) is 0 Å². The van der Waals surface area contributed by atoms with Gasteiger partial charge in [0, 0.05) is 38.9 Å². The van der Waals surface area contributed by atoms with Crippen LogP contribution in [0.2, 0.25) is 0 Å². The Balaban J connectivity index is 1.43. The summed E-state index contributed by atoms with van der Waals surface area (Å²) in [5.41, 5.74) is 9.51. The first-order chi connectivity index (χ1) is 19.8. The molecule has 0 saturated carbocycles. The van der Waals surface area contributed by atoms with Gasteiger partial charge in [-0.2, -0.15) is 5.26 Å². The molecule has 8 aromatic rings. The number of pyridine rings is 1. The Hall–Kier alpha value is -5.66. The molecular weight excluding hydrogens is 490 g/mol. The van der Waals surface area contributed by atoms with Crippen molar-refractivity contribution in [3.63, 3.8) is 0 Å². The lowest BCUT2D eigenvalue weighted by Gasteiger charge is -2.15. The minimum atomic E-state index is 0.593. The van der Waals surface area contributed by atoms with Crippen LogP contribution in [-0.4, -0.2) is 9.55 Å². The molecule has 186 valence electrons. The highest BCUT2D eigenvalue weighted by atomic mass is 16.3. The maximum atomic E-state index is 9.39. The Morgan fingerprint density at radius 3 is 2.35 bits per heavy atom. The van der Waals surface area contributed by atoms with E-state index in [4.69, 9.17) is 4.42 Å². The monoisotopic (exact) mass is 511 g/mol. The number of nitriles is 1. The molecule has 8 rings (SSSR count). The molecule has 0 radical (unpaired) electrons. The van der Waals surface area contributed by atoms with Gasteiger partial charge in [0.1, 0.15) is 5.58 Å². The molecule has 0 saturated heterocycles. The van der Waals surface area contributed by atoms with Crippen molar-refractivity contribution in [3.8, 4) is 34.1 Å². The highest BCUT2D eigenvalue weighted by molar-refractivity contribution is 6.21. The Labute approximate surface area is 230 Å². The summed E-state index contributed by atoms with van der Waals surface area (Å²) in [7, 11) is 0. The smallest absolute Gasteiger partial charge is 0.160 e. The molecule has 0 amide bonds.